The van der Waals surface area contributed by atoms with E-state index in [1.165, 1.54) is 12.1 Å². The third-order valence-corrected chi connectivity index (χ3v) is 4.15. The lowest BCUT2D eigenvalue weighted by Crippen LogP contribution is -2.34. The van der Waals surface area contributed by atoms with Crippen molar-refractivity contribution in [3.05, 3.63) is 53.0 Å². The Bertz CT molecular complexity index is 730. The molecule has 2 amide bonds. The minimum Gasteiger partial charge on any atom is -0.508 e. The number of nitrogens with zero attached hydrogens (tertiary/aromatic N) is 1. The normalized spacial score (nSPS) is 17.9. The van der Waals surface area contributed by atoms with Gasteiger partial charge in [-0.1, -0.05) is 12.1 Å². The Morgan fingerprint density at radius 2 is 1.77 bits per heavy atom. The van der Waals surface area contributed by atoms with Crippen molar-refractivity contribution in [2.45, 2.75) is 12.5 Å². The number of rotatable bonds is 3. The number of para-hydroxylation sites is 1. The van der Waals surface area contributed by atoms with Gasteiger partial charge in [-0.25, -0.2) is 4.90 Å². The predicted octanol–water partition coefficient (Wildman–Crippen LogP) is 2.90. The van der Waals surface area contributed by atoms with E-state index in [4.69, 9.17) is 0 Å². The summed E-state index contributed by atoms with van der Waals surface area (Å²) in [5, 5.41) is 12.4. The number of benzene rings is 2. The minimum atomic E-state index is -0.597. The minimum absolute atomic E-state index is 0.0886. The Morgan fingerprint density at radius 1 is 1.09 bits per heavy atom. The number of carbonyl (C=O) groups excluding carboxylic acids is 2. The van der Waals surface area contributed by atoms with Crippen molar-refractivity contribution in [2.24, 2.45) is 0 Å². The summed E-state index contributed by atoms with van der Waals surface area (Å²) in [5.41, 5.74) is 1.23. The maximum absolute atomic E-state index is 12.5. The fourth-order valence-electron chi connectivity index (χ4n) is 2.38. The van der Waals surface area contributed by atoms with Gasteiger partial charge in [-0.15, -0.1) is 0 Å². The van der Waals surface area contributed by atoms with Gasteiger partial charge < -0.3 is 10.4 Å². The summed E-state index contributed by atoms with van der Waals surface area (Å²) >= 11 is 3.41. The van der Waals surface area contributed by atoms with E-state index in [2.05, 4.69) is 21.2 Å². The van der Waals surface area contributed by atoms with E-state index in [0.717, 1.165) is 15.1 Å². The highest BCUT2D eigenvalue weighted by Gasteiger charge is 2.39. The molecule has 1 saturated heterocycles. The van der Waals surface area contributed by atoms with E-state index in [9.17, 15) is 14.7 Å². The lowest BCUT2D eigenvalue weighted by atomic mass is 10.2. The summed E-state index contributed by atoms with van der Waals surface area (Å²) in [6.07, 6.45) is 0.0983. The van der Waals surface area contributed by atoms with Crippen molar-refractivity contribution in [3.63, 3.8) is 0 Å². The molecule has 0 spiro atoms. The third kappa shape index (κ3) is 2.69. The van der Waals surface area contributed by atoms with Gasteiger partial charge in [0.05, 0.1) is 12.1 Å². The molecule has 1 heterocycles. The van der Waals surface area contributed by atoms with E-state index < -0.39 is 6.04 Å². The van der Waals surface area contributed by atoms with Gasteiger partial charge in [0.15, 0.2) is 0 Å². The van der Waals surface area contributed by atoms with Crippen LogP contribution in [0.4, 0.5) is 11.4 Å². The summed E-state index contributed by atoms with van der Waals surface area (Å²) in [5.74, 6) is -0.475. The Morgan fingerprint density at radius 3 is 2.45 bits per heavy atom. The average molecular weight is 361 g/mol. The van der Waals surface area contributed by atoms with Crippen molar-refractivity contribution < 1.29 is 14.7 Å². The lowest BCUT2D eigenvalue weighted by molar-refractivity contribution is -0.121. The van der Waals surface area contributed by atoms with Crippen LogP contribution in [0.25, 0.3) is 0 Å². The summed E-state index contributed by atoms with van der Waals surface area (Å²) in [7, 11) is 0. The zero-order chi connectivity index (χ0) is 15.7. The number of nitrogens with one attached hydrogen (secondary N) is 1. The highest BCUT2D eigenvalue weighted by atomic mass is 79.9. The maximum Gasteiger partial charge on any atom is 0.256 e. The van der Waals surface area contributed by atoms with E-state index in [-0.39, 0.29) is 24.0 Å². The van der Waals surface area contributed by atoms with Gasteiger partial charge in [-0.05, 0) is 52.3 Å². The molecule has 5 nitrogen and oxygen atoms in total. The summed E-state index contributed by atoms with van der Waals surface area (Å²) in [6.45, 7) is 0. The second-order valence-corrected chi connectivity index (χ2v) is 5.82. The van der Waals surface area contributed by atoms with Gasteiger partial charge in [0.1, 0.15) is 11.8 Å². The largest absolute Gasteiger partial charge is 0.508 e. The van der Waals surface area contributed by atoms with Crippen molar-refractivity contribution >= 4 is 39.1 Å². The smallest absolute Gasteiger partial charge is 0.256 e. The van der Waals surface area contributed by atoms with Crippen LogP contribution in [0.3, 0.4) is 0 Å². The van der Waals surface area contributed by atoms with Crippen LogP contribution in [-0.4, -0.2) is 23.0 Å². The van der Waals surface area contributed by atoms with Gasteiger partial charge in [-0.2, -0.15) is 0 Å². The van der Waals surface area contributed by atoms with Crippen LogP contribution in [0.5, 0.6) is 5.75 Å². The molecule has 2 N–H and O–H groups in total. The molecule has 1 fully saturated rings. The van der Waals surface area contributed by atoms with Crippen molar-refractivity contribution in [1.29, 1.82) is 0 Å². The number of anilines is 2. The Labute approximate surface area is 135 Å². The summed E-state index contributed by atoms with van der Waals surface area (Å²) in [4.78, 5) is 25.8. The van der Waals surface area contributed by atoms with Crippen molar-refractivity contribution in [2.75, 3.05) is 10.2 Å². The maximum atomic E-state index is 12.5. The number of phenols is 1. The van der Waals surface area contributed by atoms with Gasteiger partial charge in [0.25, 0.3) is 5.91 Å². The first-order valence-electron chi connectivity index (χ1n) is 6.73. The van der Waals surface area contributed by atoms with Crippen LogP contribution < -0.4 is 10.2 Å². The molecule has 3 rings (SSSR count). The topological polar surface area (TPSA) is 69.6 Å². The number of amides is 2. The molecule has 6 heteroatoms. The van der Waals surface area contributed by atoms with Crippen LogP contribution >= 0.6 is 15.9 Å². The Hall–Kier alpha value is -2.34. The molecular weight excluding hydrogens is 348 g/mol. The van der Waals surface area contributed by atoms with Crippen molar-refractivity contribution in [3.8, 4) is 5.75 Å². The number of halogens is 1. The van der Waals surface area contributed by atoms with Crippen LogP contribution in [0.1, 0.15) is 6.42 Å². The van der Waals surface area contributed by atoms with Gasteiger partial charge in [0, 0.05) is 10.2 Å². The molecule has 1 aliphatic rings. The molecule has 2 aromatic rings. The molecule has 2 aromatic carbocycles. The molecule has 0 aromatic heterocycles. The quantitative estimate of drug-likeness (QED) is 0.825. The van der Waals surface area contributed by atoms with E-state index in [1.807, 2.05) is 24.3 Å². The highest BCUT2D eigenvalue weighted by Crippen LogP contribution is 2.28. The Balaban J connectivity index is 1.82. The first kappa shape index (κ1) is 14.6. The SMILES string of the molecule is O=C1CC(Nc2ccccc2Br)C(=O)N1c1ccc(O)cc1. The molecule has 22 heavy (non-hydrogen) atoms. The molecule has 112 valence electrons. The number of imide groups is 1. The molecule has 0 radical (unpaired) electrons. The first-order chi connectivity index (χ1) is 10.6. The Kier molecular flexibility index (Phi) is 3.85. The first-order valence-corrected chi connectivity index (χ1v) is 7.52. The predicted molar refractivity (Wildman–Crippen MR) is 86.8 cm³/mol. The van der Waals surface area contributed by atoms with Gasteiger partial charge >= 0.3 is 0 Å². The number of hydrogen-bond donors (Lipinski definition) is 2. The van der Waals surface area contributed by atoms with Crippen LogP contribution in [-0.2, 0) is 9.59 Å². The van der Waals surface area contributed by atoms with Crippen LogP contribution in [0, 0.1) is 0 Å². The van der Waals surface area contributed by atoms with Gasteiger partial charge in [0.2, 0.25) is 5.91 Å². The fourth-order valence-corrected chi connectivity index (χ4v) is 2.78. The molecule has 1 atom stereocenters. The number of hydrogen-bond acceptors (Lipinski definition) is 4. The summed E-state index contributed by atoms with van der Waals surface area (Å²) in [6, 6.07) is 12.8. The summed E-state index contributed by atoms with van der Waals surface area (Å²) < 4.78 is 0.832. The molecule has 0 aliphatic carbocycles. The van der Waals surface area contributed by atoms with Crippen LogP contribution in [0.15, 0.2) is 53.0 Å². The molecular formula is C16H13BrN2O3. The molecule has 1 aliphatic heterocycles. The highest BCUT2D eigenvalue weighted by molar-refractivity contribution is 9.10. The zero-order valence-corrected chi connectivity index (χ0v) is 13.1. The van der Waals surface area contributed by atoms with E-state index >= 15 is 0 Å². The monoisotopic (exact) mass is 360 g/mol. The number of carbonyl (C=O) groups is 2. The zero-order valence-electron chi connectivity index (χ0n) is 11.5. The molecule has 0 bridgehead atoms. The standard InChI is InChI=1S/C16H13BrN2O3/c17-12-3-1-2-4-13(12)18-14-9-15(21)19(16(14)22)10-5-7-11(20)8-6-10/h1-8,14,18,20H,9H2. The lowest BCUT2D eigenvalue weighted by Gasteiger charge is -2.16. The van der Waals surface area contributed by atoms with Gasteiger partial charge in [-0.3, -0.25) is 9.59 Å². The van der Waals surface area contributed by atoms with Crippen molar-refractivity contribution in [1.82, 2.24) is 0 Å². The fraction of sp³-hybridized carbons (Fsp3) is 0.125. The van der Waals surface area contributed by atoms with E-state index in [1.54, 1.807) is 12.1 Å². The average Bonchev–Trinajstić information content (AvgIpc) is 2.77. The molecule has 0 saturated carbocycles. The number of aromatic hydroxyl groups is 1. The van der Waals surface area contributed by atoms with E-state index in [0.29, 0.717) is 5.69 Å². The van der Waals surface area contributed by atoms with Crippen LogP contribution in [0.2, 0.25) is 0 Å². The third-order valence-electron chi connectivity index (χ3n) is 3.46. The second kappa shape index (κ2) is 5.81. The second-order valence-electron chi connectivity index (χ2n) is 4.96. The number of phenolic OH excluding ortho intramolecular Hbond substituents is 1. The molecule has 1 unspecified atom stereocenters.